The summed E-state index contributed by atoms with van der Waals surface area (Å²) >= 11 is 0. The lowest BCUT2D eigenvalue weighted by Crippen LogP contribution is -2.17. The molecule has 5 aromatic rings. The number of imidazole rings is 1. The highest BCUT2D eigenvalue weighted by Crippen LogP contribution is 2.25. The van der Waals surface area contributed by atoms with Crippen LogP contribution in [0.3, 0.4) is 0 Å². The van der Waals surface area contributed by atoms with Gasteiger partial charge in [-0.2, -0.15) is 5.10 Å². The molecule has 0 atom stereocenters. The molecule has 3 N–H and O–H groups in total. The summed E-state index contributed by atoms with van der Waals surface area (Å²) in [7, 11) is 0. The van der Waals surface area contributed by atoms with Gasteiger partial charge in [0.05, 0.1) is 17.2 Å². The van der Waals surface area contributed by atoms with Gasteiger partial charge in [0.2, 0.25) is 0 Å². The number of aromatic hydroxyl groups is 1. The molecule has 32 heavy (non-hydrogen) atoms. The average molecular weight is 420 g/mol. The molecule has 156 valence electrons. The highest BCUT2D eigenvalue weighted by Gasteiger charge is 2.10. The Labute approximate surface area is 184 Å². The van der Waals surface area contributed by atoms with Gasteiger partial charge < -0.3 is 10.1 Å². The number of carbonyl (C=O) groups excluding carboxylic acids is 1. The summed E-state index contributed by atoms with van der Waals surface area (Å²) in [5.41, 5.74) is 6.31. The molecule has 1 aromatic heterocycles. The number of carbonyl (C=O) groups is 1. The van der Waals surface area contributed by atoms with Crippen LogP contribution in [-0.4, -0.2) is 27.2 Å². The van der Waals surface area contributed by atoms with Gasteiger partial charge in [0.1, 0.15) is 11.6 Å². The summed E-state index contributed by atoms with van der Waals surface area (Å²) in [6, 6.07) is 26.5. The Bertz CT molecular complexity index is 1460. The van der Waals surface area contributed by atoms with Crippen LogP contribution in [0.4, 0.5) is 0 Å². The van der Waals surface area contributed by atoms with E-state index in [0.717, 1.165) is 33.2 Å². The molecular formula is C26H20N4O2. The van der Waals surface area contributed by atoms with Crippen molar-refractivity contribution in [3.63, 3.8) is 0 Å². The van der Waals surface area contributed by atoms with Gasteiger partial charge in [0.25, 0.3) is 5.91 Å². The molecule has 0 spiro atoms. The van der Waals surface area contributed by atoms with E-state index in [4.69, 9.17) is 0 Å². The molecule has 0 radical (unpaired) electrons. The van der Waals surface area contributed by atoms with E-state index >= 15 is 0 Å². The molecule has 0 aliphatic carbocycles. The van der Waals surface area contributed by atoms with Gasteiger partial charge in [0, 0.05) is 17.5 Å². The predicted octanol–water partition coefficient (Wildman–Crippen LogP) is 4.78. The van der Waals surface area contributed by atoms with Crippen LogP contribution in [0.15, 0.2) is 90.0 Å². The van der Waals surface area contributed by atoms with Crippen LogP contribution in [0.25, 0.3) is 21.8 Å². The zero-order valence-corrected chi connectivity index (χ0v) is 17.1. The maximum Gasteiger partial charge on any atom is 0.271 e. The summed E-state index contributed by atoms with van der Waals surface area (Å²) in [6.45, 7) is 0. The van der Waals surface area contributed by atoms with Crippen molar-refractivity contribution >= 4 is 33.9 Å². The number of phenols is 1. The van der Waals surface area contributed by atoms with Crippen LogP contribution in [0, 0.1) is 0 Å². The number of nitrogens with one attached hydrogen (secondary N) is 2. The molecule has 0 saturated carbocycles. The fourth-order valence-corrected chi connectivity index (χ4v) is 3.72. The van der Waals surface area contributed by atoms with Crippen molar-refractivity contribution in [3.8, 4) is 5.75 Å². The van der Waals surface area contributed by atoms with E-state index in [2.05, 4.69) is 32.6 Å². The summed E-state index contributed by atoms with van der Waals surface area (Å²) in [5.74, 6) is 0.599. The first-order valence-corrected chi connectivity index (χ1v) is 10.2. The van der Waals surface area contributed by atoms with Crippen LogP contribution in [0.5, 0.6) is 5.75 Å². The summed E-state index contributed by atoms with van der Waals surface area (Å²) in [5, 5.41) is 16.1. The third-order valence-electron chi connectivity index (χ3n) is 5.31. The third-order valence-corrected chi connectivity index (χ3v) is 5.31. The molecule has 0 fully saturated rings. The molecule has 6 nitrogen and oxygen atoms in total. The zero-order chi connectivity index (χ0) is 21.9. The van der Waals surface area contributed by atoms with Crippen molar-refractivity contribution in [1.29, 1.82) is 0 Å². The van der Waals surface area contributed by atoms with Gasteiger partial charge in [-0.1, -0.05) is 60.7 Å². The zero-order valence-electron chi connectivity index (χ0n) is 17.1. The average Bonchev–Trinajstić information content (AvgIpc) is 3.22. The van der Waals surface area contributed by atoms with Crippen molar-refractivity contribution in [2.24, 2.45) is 5.10 Å². The minimum Gasteiger partial charge on any atom is -0.507 e. The number of aromatic amines is 1. The quantitative estimate of drug-likeness (QED) is 0.282. The fraction of sp³-hybridized carbons (Fsp3) is 0.0385. The molecule has 0 bridgehead atoms. The summed E-state index contributed by atoms with van der Waals surface area (Å²) in [6.07, 6.45) is 2.15. The molecule has 1 heterocycles. The smallest absolute Gasteiger partial charge is 0.271 e. The Hall–Kier alpha value is -4.45. The maximum absolute atomic E-state index is 12.6. The van der Waals surface area contributed by atoms with E-state index in [-0.39, 0.29) is 11.7 Å². The van der Waals surface area contributed by atoms with E-state index in [1.807, 2.05) is 54.6 Å². The lowest BCUT2D eigenvalue weighted by atomic mass is 10.0. The van der Waals surface area contributed by atoms with Crippen molar-refractivity contribution in [1.82, 2.24) is 15.4 Å². The maximum atomic E-state index is 12.6. The van der Waals surface area contributed by atoms with Crippen LogP contribution in [0.2, 0.25) is 0 Å². The van der Waals surface area contributed by atoms with Gasteiger partial charge >= 0.3 is 0 Å². The highest BCUT2D eigenvalue weighted by molar-refractivity contribution is 6.03. The molecular weight excluding hydrogens is 400 g/mol. The Balaban J connectivity index is 1.33. The Morgan fingerprint density at radius 2 is 1.81 bits per heavy atom. The van der Waals surface area contributed by atoms with Gasteiger partial charge in [-0.25, -0.2) is 10.4 Å². The monoisotopic (exact) mass is 420 g/mol. The predicted molar refractivity (Wildman–Crippen MR) is 126 cm³/mol. The van der Waals surface area contributed by atoms with Crippen LogP contribution < -0.4 is 5.43 Å². The van der Waals surface area contributed by atoms with E-state index in [1.165, 1.54) is 6.21 Å². The van der Waals surface area contributed by atoms with Gasteiger partial charge in [-0.15, -0.1) is 0 Å². The minimum atomic E-state index is -0.345. The Morgan fingerprint density at radius 3 is 2.69 bits per heavy atom. The summed E-state index contributed by atoms with van der Waals surface area (Å²) < 4.78 is 0. The molecule has 0 aliphatic rings. The number of aromatic nitrogens is 2. The van der Waals surface area contributed by atoms with Crippen molar-refractivity contribution < 1.29 is 9.90 Å². The number of H-pyrrole nitrogens is 1. The molecule has 6 heteroatoms. The van der Waals surface area contributed by atoms with Crippen molar-refractivity contribution in [2.75, 3.05) is 0 Å². The van der Waals surface area contributed by atoms with Crippen LogP contribution in [-0.2, 0) is 6.42 Å². The number of hydrazone groups is 1. The lowest BCUT2D eigenvalue weighted by Gasteiger charge is -2.05. The number of hydrogen-bond donors (Lipinski definition) is 3. The standard InChI is InChI=1S/C26H20N4O2/c31-24-13-11-18-8-4-5-9-20(18)21(24)16-27-30-26(32)19-10-12-22-23(15-19)29-25(28-22)14-17-6-2-1-3-7-17/h1-13,15-16,31H,14H2,(H,28,29)(H,30,32)/b27-16-. The molecule has 0 saturated heterocycles. The van der Waals surface area contributed by atoms with Crippen molar-refractivity contribution in [2.45, 2.75) is 6.42 Å². The summed E-state index contributed by atoms with van der Waals surface area (Å²) in [4.78, 5) is 20.5. The highest BCUT2D eigenvalue weighted by atomic mass is 16.3. The Morgan fingerprint density at radius 1 is 1.00 bits per heavy atom. The largest absolute Gasteiger partial charge is 0.507 e. The first-order chi connectivity index (χ1) is 15.7. The number of rotatable bonds is 5. The van der Waals surface area contributed by atoms with Crippen LogP contribution >= 0.6 is 0 Å². The number of phenolic OH excluding ortho intramolecular Hbond substituents is 1. The number of hydrogen-bond acceptors (Lipinski definition) is 4. The molecule has 0 aliphatic heterocycles. The molecule has 5 rings (SSSR count). The van der Waals surface area contributed by atoms with E-state index in [1.54, 1.807) is 18.2 Å². The van der Waals surface area contributed by atoms with Gasteiger partial charge in [-0.3, -0.25) is 4.79 Å². The van der Waals surface area contributed by atoms with E-state index < -0.39 is 0 Å². The second-order valence-corrected chi connectivity index (χ2v) is 7.50. The van der Waals surface area contributed by atoms with E-state index in [9.17, 15) is 9.90 Å². The second kappa shape index (κ2) is 8.35. The normalized spacial score (nSPS) is 11.4. The number of fused-ring (bicyclic) bond motifs is 2. The second-order valence-electron chi connectivity index (χ2n) is 7.50. The number of benzene rings is 4. The number of amides is 1. The SMILES string of the molecule is O=C(N/N=C\c1c(O)ccc2ccccc12)c1ccc2nc(Cc3ccccc3)[nH]c2c1. The molecule has 0 unspecified atom stereocenters. The van der Waals surface area contributed by atoms with Gasteiger partial charge in [-0.05, 0) is 40.6 Å². The third kappa shape index (κ3) is 3.94. The van der Waals surface area contributed by atoms with E-state index in [0.29, 0.717) is 17.5 Å². The van der Waals surface area contributed by atoms with Crippen LogP contribution in [0.1, 0.15) is 27.3 Å². The minimum absolute atomic E-state index is 0.103. The van der Waals surface area contributed by atoms with Gasteiger partial charge in [0.15, 0.2) is 0 Å². The number of nitrogens with zero attached hydrogens (tertiary/aromatic N) is 2. The first kappa shape index (κ1) is 19.5. The lowest BCUT2D eigenvalue weighted by molar-refractivity contribution is 0.0955. The fourth-order valence-electron chi connectivity index (χ4n) is 3.72. The molecule has 1 amide bonds. The molecule has 4 aromatic carbocycles. The first-order valence-electron chi connectivity index (χ1n) is 10.2. The van der Waals surface area contributed by atoms with Crippen molar-refractivity contribution in [3.05, 3.63) is 107 Å². The topological polar surface area (TPSA) is 90.4 Å². The Kier molecular flexibility index (Phi) is 5.09.